The maximum absolute atomic E-state index is 12.3. The normalized spacial score (nSPS) is 22.4. The van der Waals surface area contributed by atoms with E-state index in [2.05, 4.69) is 21.2 Å². The molecular formula is C15H21BrN2O2. The molecule has 1 fully saturated rings. The number of hydrogen-bond donors (Lipinski definition) is 2. The van der Waals surface area contributed by atoms with Crippen molar-refractivity contribution in [2.24, 2.45) is 11.7 Å². The average Bonchev–Trinajstić information content (AvgIpc) is 2.47. The largest absolute Gasteiger partial charge is 0.496 e. The first-order valence-corrected chi connectivity index (χ1v) is 7.79. The van der Waals surface area contributed by atoms with Crippen LogP contribution in [0.1, 0.15) is 36.0 Å². The van der Waals surface area contributed by atoms with E-state index in [4.69, 9.17) is 10.5 Å². The van der Waals surface area contributed by atoms with Gasteiger partial charge in [-0.25, -0.2) is 0 Å². The number of carbonyl (C=O) groups is 1. The highest BCUT2D eigenvalue weighted by molar-refractivity contribution is 9.10. The van der Waals surface area contributed by atoms with Crippen LogP contribution in [0.5, 0.6) is 5.75 Å². The van der Waals surface area contributed by atoms with Gasteiger partial charge in [-0.3, -0.25) is 4.79 Å². The van der Waals surface area contributed by atoms with Crippen molar-refractivity contribution in [3.8, 4) is 5.75 Å². The molecule has 1 aromatic rings. The quantitative estimate of drug-likeness (QED) is 0.885. The summed E-state index contributed by atoms with van der Waals surface area (Å²) in [5.41, 5.74) is 6.43. The van der Waals surface area contributed by atoms with E-state index in [9.17, 15) is 4.79 Å². The molecule has 0 heterocycles. The molecule has 3 N–H and O–H groups in total. The molecule has 1 aliphatic rings. The molecule has 1 aromatic carbocycles. The van der Waals surface area contributed by atoms with Crippen molar-refractivity contribution in [3.05, 3.63) is 28.2 Å². The van der Waals surface area contributed by atoms with Crippen LogP contribution in [0.15, 0.2) is 22.7 Å². The summed E-state index contributed by atoms with van der Waals surface area (Å²) in [4.78, 5) is 12.3. The number of nitrogens with one attached hydrogen (secondary N) is 1. The molecule has 4 nitrogen and oxygen atoms in total. The first-order valence-electron chi connectivity index (χ1n) is 7.00. The van der Waals surface area contributed by atoms with Gasteiger partial charge in [-0.1, -0.05) is 12.8 Å². The summed E-state index contributed by atoms with van der Waals surface area (Å²) >= 11 is 3.40. The number of rotatable bonds is 4. The third-order valence-corrected chi connectivity index (χ3v) is 4.56. The van der Waals surface area contributed by atoms with Crippen molar-refractivity contribution in [3.63, 3.8) is 0 Å². The van der Waals surface area contributed by atoms with E-state index in [-0.39, 0.29) is 11.9 Å². The van der Waals surface area contributed by atoms with Crippen LogP contribution >= 0.6 is 15.9 Å². The lowest BCUT2D eigenvalue weighted by atomic mass is 9.84. The lowest BCUT2D eigenvalue weighted by Crippen LogP contribution is -2.44. The fourth-order valence-corrected chi connectivity index (χ4v) is 3.28. The zero-order valence-electron chi connectivity index (χ0n) is 11.7. The maximum atomic E-state index is 12.3. The molecule has 1 amide bonds. The summed E-state index contributed by atoms with van der Waals surface area (Å²) < 4.78 is 5.95. The van der Waals surface area contributed by atoms with Crippen LogP contribution in [0.2, 0.25) is 0 Å². The summed E-state index contributed by atoms with van der Waals surface area (Å²) in [6, 6.07) is 5.55. The van der Waals surface area contributed by atoms with Crippen molar-refractivity contribution < 1.29 is 9.53 Å². The highest BCUT2D eigenvalue weighted by atomic mass is 79.9. The zero-order chi connectivity index (χ0) is 14.5. The van der Waals surface area contributed by atoms with E-state index in [1.54, 1.807) is 25.3 Å². The molecule has 2 atom stereocenters. The third kappa shape index (κ3) is 3.52. The summed E-state index contributed by atoms with van der Waals surface area (Å²) in [6.07, 6.45) is 4.49. The molecule has 2 unspecified atom stereocenters. The standard InChI is InChI=1S/C15H21BrN2O2/c1-20-14-7-6-10(8-12(14)16)15(19)18-13-5-3-2-4-11(13)9-17/h6-8,11,13H,2-5,9,17H2,1H3,(H,18,19). The van der Waals surface area contributed by atoms with Crippen LogP contribution in [0.4, 0.5) is 0 Å². The van der Waals surface area contributed by atoms with Gasteiger partial charge in [-0.15, -0.1) is 0 Å². The summed E-state index contributed by atoms with van der Waals surface area (Å²) in [7, 11) is 1.60. The van der Waals surface area contributed by atoms with Gasteiger partial charge in [0.2, 0.25) is 0 Å². The predicted molar refractivity (Wildman–Crippen MR) is 83.0 cm³/mol. The van der Waals surface area contributed by atoms with Crippen LogP contribution in [0, 0.1) is 5.92 Å². The van der Waals surface area contributed by atoms with Crippen LogP contribution in [-0.2, 0) is 0 Å². The molecule has 0 aliphatic heterocycles. The van der Waals surface area contributed by atoms with Gasteiger partial charge in [0.05, 0.1) is 11.6 Å². The maximum Gasteiger partial charge on any atom is 0.251 e. The highest BCUT2D eigenvalue weighted by Gasteiger charge is 2.25. The number of nitrogens with two attached hydrogens (primary N) is 1. The second-order valence-electron chi connectivity index (χ2n) is 5.21. The van der Waals surface area contributed by atoms with Crippen molar-refractivity contribution in [2.45, 2.75) is 31.7 Å². The molecule has 0 radical (unpaired) electrons. The number of hydrogen-bond acceptors (Lipinski definition) is 3. The molecule has 1 aliphatic carbocycles. The third-order valence-electron chi connectivity index (χ3n) is 3.94. The van der Waals surface area contributed by atoms with Crippen LogP contribution < -0.4 is 15.8 Å². The zero-order valence-corrected chi connectivity index (χ0v) is 13.3. The Bertz CT molecular complexity index is 479. The predicted octanol–water partition coefficient (Wildman–Crippen LogP) is 2.71. The number of amides is 1. The number of carbonyl (C=O) groups excluding carboxylic acids is 1. The minimum atomic E-state index is -0.0429. The van der Waals surface area contributed by atoms with E-state index in [1.807, 2.05) is 0 Å². The van der Waals surface area contributed by atoms with Crippen LogP contribution in [-0.4, -0.2) is 25.6 Å². The minimum Gasteiger partial charge on any atom is -0.496 e. The van der Waals surface area contributed by atoms with E-state index in [0.29, 0.717) is 18.0 Å². The SMILES string of the molecule is COc1ccc(C(=O)NC2CCCCC2CN)cc1Br. The lowest BCUT2D eigenvalue weighted by molar-refractivity contribution is 0.0908. The molecule has 0 spiro atoms. The van der Waals surface area contributed by atoms with E-state index in [1.165, 1.54) is 6.42 Å². The van der Waals surface area contributed by atoms with E-state index < -0.39 is 0 Å². The topological polar surface area (TPSA) is 64.3 Å². The van der Waals surface area contributed by atoms with Crippen molar-refractivity contribution in [1.82, 2.24) is 5.32 Å². The van der Waals surface area contributed by atoms with Gasteiger partial charge in [0.15, 0.2) is 0 Å². The monoisotopic (exact) mass is 340 g/mol. The number of ether oxygens (including phenoxy) is 1. The number of halogens is 1. The molecule has 110 valence electrons. The molecule has 0 saturated heterocycles. The fraction of sp³-hybridized carbons (Fsp3) is 0.533. The highest BCUT2D eigenvalue weighted by Crippen LogP contribution is 2.27. The van der Waals surface area contributed by atoms with Crippen molar-refractivity contribution in [2.75, 3.05) is 13.7 Å². The lowest BCUT2D eigenvalue weighted by Gasteiger charge is -2.31. The summed E-state index contributed by atoms with van der Waals surface area (Å²) in [5.74, 6) is 1.08. The smallest absolute Gasteiger partial charge is 0.251 e. The van der Waals surface area contributed by atoms with Gasteiger partial charge < -0.3 is 15.8 Å². The van der Waals surface area contributed by atoms with Crippen LogP contribution in [0.3, 0.4) is 0 Å². The van der Waals surface area contributed by atoms with E-state index in [0.717, 1.165) is 29.5 Å². The van der Waals surface area contributed by atoms with Crippen LogP contribution in [0.25, 0.3) is 0 Å². The summed E-state index contributed by atoms with van der Waals surface area (Å²) in [6.45, 7) is 0.636. The molecule has 5 heteroatoms. The van der Waals surface area contributed by atoms with Gasteiger partial charge in [-0.2, -0.15) is 0 Å². The Labute approximate surface area is 128 Å². The van der Waals surface area contributed by atoms with Crippen molar-refractivity contribution in [1.29, 1.82) is 0 Å². The Morgan fingerprint density at radius 2 is 2.20 bits per heavy atom. The van der Waals surface area contributed by atoms with Gasteiger partial charge >= 0.3 is 0 Å². The first-order chi connectivity index (χ1) is 9.65. The Hall–Kier alpha value is -1.07. The second-order valence-corrected chi connectivity index (χ2v) is 6.06. The van der Waals surface area contributed by atoms with Crippen molar-refractivity contribution >= 4 is 21.8 Å². The molecule has 0 bridgehead atoms. The molecular weight excluding hydrogens is 320 g/mol. The number of methoxy groups -OCH3 is 1. The number of benzene rings is 1. The average molecular weight is 341 g/mol. The van der Waals surface area contributed by atoms with E-state index >= 15 is 0 Å². The molecule has 20 heavy (non-hydrogen) atoms. The Morgan fingerprint density at radius 1 is 1.45 bits per heavy atom. The fourth-order valence-electron chi connectivity index (χ4n) is 2.74. The van der Waals surface area contributed by atoms with Gasteiger partial charge in [0.1, 0.15) is 5.75 Å². The second kappa shape index (κ2) is 7.09. The molecule has 2 rings (SSSR count). The van der Waals surface area contributed by atoms with Gasteiger partial charge in [-0.05, 0) is 59.4 Å². The Kier molecular flexibility index (Phi) is 5.43. The summed E-state index contributed by atoms with van der Waals surface area (Å²) in [5, 5.41) is 3.12. The van der Waals surface area contributed by atoms with Gasteiger partial charge in [0, 0.05) is 11.6 Å². The minimum absolute atomic E-state index is 0.0429. The Morgan fingerprint density at radius 3 is 2.85 bits per heavy atom. The molecule has 0 aromatic heterocycles. The van der Waals surface area contributed by atoms with Gasteiger partial charge in [0.25, 0.3) is 5.91 Å². The molecule has 1 saturated carbocycles. The Balaban J connectivity index is 2.05. The first kappa shape index (κ1) is 15.3.